The van der Waals surface area contributed by atoms with Gasteiger partial charge in [-0.2, -0.15) is 9.82 Å². The predicted molar refractivity (Wildman–Crippen MR) is 123 cm³/mol. The normalized spacial score (nSPS) is 17.1. The van der Waals surface area contributed by atoms with E-state index in [2.05, 4.69) is 20.2 Å². The number of sulfonamides is 1. The molecule has 2 aromatic carbocycles. The Morgan fingerprint density at radius 2 is 1.77 bits per heavy atom. The van der Waals surface area contributed by atoms with Crippen molar-refractivity contribution in [3.05, 3.63) is 93.2 Å². The summed E-state index contributed by atoms with van der Waals surface area (Å²) in [6.07, 6.45) is 3.27. The van der Waals surface area contributed by atoms with Gasteiger partial charge in [0.15, 0.2) is 0 Å². The maximum absolute atomic E-state index is 13.0. The highest BCUT2D eigenvalue weighted by Gasteiger charge is 2.32. The van der Waals surface area contributed by atoms with Crippen molar-refractivity contribution < 1.29 is 8.42 Å². The van der Waals surface area contributed by atoms with Crippen molar-refractivity contribution in [2.75, 3.05) is 0 Å². The van der Waals surface area contributed by atoms with Gasteiger partial charge in [-0.25, -0.2) is 8.42 Å². The van der Waals surface area contributed by atoms with Crippen LogP contribution in [0.25, 0.3) is 0 Å². The summed E-state index contributed by atoms with van der Waals surface area (Å²) in [4.78, 5) is 3.95. The molecule has 1 aromatic heterocycles. The topological polar surface area (TPSA) is 83.5 Å². The molecule has 0 spiro atoms. The van der Waals surface area contributed by atoms with E-state index in [4.69, 9.17) is 34.8 Å². The van der Waals surface area contributed by atoms with E-state index in [1.165, 1.54) is 18.5 Å². The van der Waals surface area contributed by atoms with Gasteiger partial charge in [0.2, 0.25) is 10.0 Å². The minimum Gasteiger partial charge on any atom is -0.302 e. The molecule has 1 aliphatic rings. The summed E-state index contributed by atoms with van der Waals surface area (Å²) in [5, 5.41) is 5.86. The molecule has 2 heterocycles. The van der Waals surface area contributed by atoms with Crippen LogP contribution < -0.4 is 10.1 Å². The molecular formula is C21H17Cl3N4O2S. The molecule has 4 rings (SSSR count). The lowest BCUT2D eigenvalue weighted by molar-refractivity contribution is 0.576. The molecule has 0 amide bonds. The largest absolute Gasteiger partial charge is 0.302 e. The summed E-state index contributed by atoms with van der Waals surface area (Å²) in [6, 6.07) is 14.5. The molecule has 10 heteroatoms. The maximum atomic E-state index is 13.0. The summed E-state index contributed by atoms with van der Waals surface area (Å²) in [5.74, 6) is 0. The van der Waals surface area contributed by atoms with Crippen molar-refractivity contribution in [2.24, 2.45) is 5.10 Å². The Morgan fingerprint density at radius 3 is 2.45 bits per heavy atom. The SMILES string of the molecule is O=S(=O)(N[C@H](C1=NNC(c2ccc(Cl)cc2)C1)c1ccc(Cl)cc1Cl)c1cccnc1. The van der Waals surface area contributed by atoms with Gasteiger partial charge >= 0.3 is 0 Å². The monoisotopic (exact) mass is 494 g/mol. The van der Waals surface area contributed by atoms with Crippen molar-refractivity contribution in [1.29, 1.82) is 0 Å². The zero-order chi connectivity index (χ0) is 22.0. The highest BCUT2D eigenvalue weighted by molar-refractivity contribution is 7.89. The number of pyridine rings is 1. The lowest BCUT2D eigenvalue weighted by atomic mass is 9.96. The molecule has 3 aromatic rings. The average molecular weight is 496 g/mol. The van der Waals surface area contributed by atoms with Gasteiger partial charge in [-0.05, 0) is 47.5 Å². The molecule has 1 aliphatic heterocycles. The van der Waals surface area contributed by atoms with E-state index in [1.54, 1.807) is 36.4 Å². The summed E-state index contributed by atoms with van der Waals surface area (Å²) in [7, 11) is -3.89. The zero-order valence-corrected chi connectivity index (χ0v) is 19.1. The Hall–Kier alpha value is -2.16. The number of hydrogen-bond donors (Lipinski definition) is 2. The number of nitrogens with zero attached hydrogens (tertiary/aromatic N) is 2. The molecule has 0 saturated carbocycles. The van der Waals surface area contributed by atoms with Crippen LogP contribution in [0.2, 0.25) is 15.1 Å². The first-order valence-corrected chi connectivity index (χ1v) is 11.9. The quantitative estimate of drug-likeness (QED) is 0.495. The van der Waals surface area contributed by atoms with Crippen LogP contribution >= 0.6 is 34.8 Å². The Bertz CT molecular complexity index is 1220. The van der Waals surface area contributed by atoms with E-state index < -0.39 is 16.1 Å². The second-order valence-corrected chi connectivity index (χ2v) is 9.94. The van der Waals surface area contributed by atoms with Gasteiger partial charge in [-0.1, -0.05) is 53.0 Å². The van der Waals surface area contributed by atoms with E-state index in [-0.39, 0.29) is 10.9 Å². The Kier molecular flexibility index (Phi) is 6.50. The molecule has 6 nitrogen and oxygen atoms in total. The van der Waals surface area contributed by atoms with Gasteiger partial charge in [-0.3, -0.25) is 4.98 Å². The lowest BCUT2D eigenvalue weighted by Crippen LogP contribution is -2.33. The third kappa shape index (κ3) is 5.02. The predicted octanol–water partition coefficient (Wildman–Crippen LogP) is 5.15. The number of benzene rings is 2. The molecule has 0 fully saturated rings. The average Bonchev–Trinajstić information content (AvgIpc) is 3.24. The number of hydrazone groups is 1. The van der Waals surface area contributed by atoms with Crippen LogP contribution in [0, 0.1) is 0 Å². The summed E-state index contributed by atoms with van der Waals surface area (Å²) in [6.45, 7) is 0. The fraction of sp³-hybridized carbons (Fsp3) is 0.143. The van der Waals surface area contributed by atoms with Crippen LogP contribution in [0.4, 0.5) is 0 Å². The molecule has 0 bridgehead atoms. The van der Waals surface area contributed by atoms with Gasteiger partial charge in [-0.15, -0.1) is 0 Å². The molecule has 0 saturated heterocycles. The first kappa shape index (κ1) is 22.0. The maximum Gasteiger partial charge on any atom is 0.243 e. The van der Waals surface area contributed by atoms with Crippen LogP contribution in [0.15, 0.2) is 77.0 Å². The van der Waals surface area contributed by atoms with Crippen molar-refractivity contribution in [1.82, 2.24) is 15.1 Å². The number of halogens is 3. The van der Waals surface area contributed by atoms with Crippen LogP contribution in [-0.2, 0) is 10.0 Å². The molecule has 2 N–H and O–H groups in total. The molecule has 0 radical (unpaired) electrons. The van der Waals surface area contributed by atoms with Gasteiger partial charge in [0, 0.05) is 33.9 Å². The summed E-state index contributed by atoms with van der Waals surface area (Å²) >= 11 is 18.5. The van der Waals surface area contributed by atoms with Crippen molar-refractivity contribution >= 4 is 50.5 Å². The van der Waals surface area contributed by atoms with E-state index in [0.717, 1.165) is 5.56 Å². The number of nitrogens with one attached hydrogen (secondary N) is 2. The highest BCUT2D eigenvalue weighted by atomic mass is 35.5. The molecule has 1 unspecified atom stereocenters. The van der Waals surface area contributed by atoms with Crippen LogP contribution in [0.3, 0.4) is 0 Å². The van der Waals surface area contributed by atoms with Crippen molar-refractivity contribution in [2.45, 2.75) is 23.4 Å². The lowest BCUT2D eigenvalue weighted by Gasteiger charge is -2.21. The van der Waals surface area contributed by atoms with Crippen molar-refractivity contribution in [3.63, 3.8) is 0 Å². The number of hydrogen-bond acceptors (Lipinski definition) is 5. The van der Waals surface area contributed by atoms with Crippen LogP contribution in [0.1, 0.15) is 29.6 Å². The minimum absolute atomic E-state index is 0.0471. The van der Waals surface area contributed by atoms with Crippen LogP contribution in [-0.4, -0.2) is 19.1 Å². The fourth-order valence-electron chi connectivity index (χ4n) is 3.31. The third-order valence-electron chi connectivity index (χ3n) is 4.87. The molecule has 2 atom stereocenters. The van der Waals surface area contributed by atoms with Gasteiger partial charge in [0.25, 0.3) is 0 Å². The Balaban J connectivity index is 1.67. The summed E-state index contributed by atoms with van der Waals surface area (Å²) < 4.78 is 28.8. The summed E-state index contributed by atoms with van der Waals surface area (Å²) in [5.41, 5.74) is 5.21. The smallest absolute Gasteiger partial charge is 0.243 e. The zero-order valence-electron chi connectivity index (χ0n) is 16.0. The van der Waals surface area contributed by atoms with Gasteiger partial charge < -0.3 is 5.43 Å². The number of aromatic nitrogens is 1. The highest BCUT2D eigenvalue weighted by Crippen LogP contribution is 2.33. The van der Waals surface area contributed by atoms with E-state index in [9.17, 15) is 8.42 Å². The Labute approximate surface area is 195 Å². The first-order chi connectivity index (χ1) is 14.8. The van der Waals surface area contributed by atoms with Crippen molar-refractivity contribution in [3.8, 4) is 0 Å². The van der Waals surface area contributed by atoms with Gasteiger partial charge in [0.1, 0.15) is 4.90 Å². The van der Waals surface area contributed by atoms with Crippen LogP contribution in [0.5, 0.6) is 0 Å². The second kappa shape index (κ2) is 9.14. The second-order valence-electron chi connectivity index (χ2n) is 6.95. The van der Waals surface area contributed by atoms with E-state index in [0.29, 0.717) is 32.8 Å². The standard InChI is InChI=1S/C21H17Cl3N4O2S/c22-14-5-3-13(4-6-14)19-11-20(27-26-19)21(17-8-7-15(23)10-18(17)24)28-31(29,30)16-2-1-9-25-12-16/h1-10,12,19,21,26,28H,11H2/t19?,21-/m0/s1. The van der Waals surface area contributed by atoms with E-state index in [1.807, 2.05) is 12.1 Å². The molecule has 0 aliphatic carbocycles. The molecule has 160 valence electrons. The van der Waals surface area contributed by atoms with E-state index >= 15 is 0 Å². The minimum atomic E-state index is -3.89. The molecule has 31 heavy (non-hydrogen) atoms. The third-order valence-corrected chi connectivity index (χ3v) is 7.10. The van der Waals surface area contributed by atoms with Gasteiger partial charge in [0.05, 0.1) is 17.8 Å². The molecular weight excluding hydrogens is 479 g/mol. The Morgan fingerprint density at radius 1 is 1.03 bits per heavy atom. The first-order valence-electron chi connectivity index (χ1n) is 9.28. The number of rotatable bonds is 6. The fourth-order valence-corrected chi connectivity index (χ4v) is 5.12.